The van der Waals surface area contributed by atoms with Gasteiger partial charge in [0.15, 0.2) is 12.2 Å². The van der Waals surface area contributed by atoms with E-state index in [0.717, 1.165) is 11.1 Å². The predicted octanol–water partition coefficient (Wildman–Crippen LogP) is 1.22. The van der Waals surface area contributed by atoms with E-state index in [1.165, 1.54) is 0 Å². The highest BCUT2D eigenvalue weighted by molar-refractivity contribution is 6.05. The summed E-state index contributed by atoms with van der Waals surface area (Å²) in [5.41, 5.74) is 9.04. The van der Waals surface area contributed by atoms with E-state index in [1.807, 2.05) is 6.07 Å². The summed E-state index contributed by atoms with van der Waals surface area (Å²) in [7, 11) is 0. The number of aromatic nitrogens is 1. The normalized spacial score (nSPS) is 11.6. The highest BCUT2D eigenvalue weighted by atomic mass is 16.5. The third kappa shape index (κ3) is 9.56. The SMILES string of the molecule is Nc1ccccc1NC(=O)c1ccc(CNC(=O)OCc2cccnc2)cc1.O=C(O)C(O)C(O)C(=O)O. The second kappa shape index (κ2) is 14.5. The van der Waals surface area contributed by atoms with E-state index >= 15 is 0 Å². The van der Waals surface area contributed by atoms with Gasteiger partial charge in [-0.3, -0.25) is 9.78 Å². The molecule has 0 bridgehead atoms. The van der Waals surface area contributed by atoms with Gasteiger partial charge in [0.2, 0.25) is 0 Å². The maximum absolute atomic E-state index is 12.3. The number of carboxylic acids is 2. The van der Waals surface area contributed by atoms with Crippen molar-refractivity contribution in [3.8, 4) is 0 Å². The summed E-state index contributed by atoms with van der Waals surface area (Å²) >= 11 is 0. The van der Waals surface area contributed by atoms with Gasteiger partial charge in [0, 0.05) is 30.1 Å². The maximum Gasteiger partial charge on any atom is 0.407 e. The lowest BCUT2D eigenvalue weighted by Gasteiger charge is -2.09. The van der Waals surface area contributed by atoms with Crippen LogP contribution in [0.1, 0.15) is 21.5 Å². The minimum Gasteiger partial charge on any atom is -0.479 e. The van der Waals surface area contributed by atoms with Gasteiger partial charge in [-0.15, -0.1) is 0 Å². The number of hydrogen-bond donors (Lipinski definition) is 7. The molecule has 0 fully saturated rings. The first-order valence-electron chi connectivity index (χ1n) is 10.9. The van der Waals surface area contributed by atoms with Crippen LogP contribution in [-0.2, 0) is 27.5 Å². The summed E-state index contributed by atoms with van der Waals surface area (Å²) in [6.07, 6.45) is -1.76. The molecule has 0 aliphatic rings. The van der Waals surface area contributed by atoms with Gasteiger partial charge in [0.05, 0.1) is 11.4 Å². The number of para-hydroxylation sites is 2. The number of rotatable bonds is 9. The van der Waals surface area contributed by atoms with Gasteiger partial charge in [0.25, 0.3) is 5.91 Å². The Labute approximate surface area is 216 Å². The Bertz CT molecular complexity index is 1220. The number of amides is 2. The summed E-state index contributed by atoms with van der Waals surface area (Å²) in [5.74, 6) is -3.79. The minimum atomic E-state index is -2.27. The second-order valence-electron chi connectivity index (χ2n) is 7.60. The topological polar surface area (TPSA) is 221 Å². The summed E-state index contributed by atoms with van der Waals surface area (Å²) in [4.78, 5) is 47.6. The highest BCUT2D eigenvalue weighted by Crippen LogP contribution is 2.18. The van der Waals surface area contributed by atoms with Gasteiger partial charge in [-0.1, -0.05) is 30.3 Å². The average Bonchev–Trinajstić information content (AvgIpc) is 2.92. The molecular weight excluding hydrogens is 500 g/mol. The molecule has 13 heteroatoms. The lowest BCUT2D eigenvalue weighted by Crippen LogP contribution is -2.39. The first-order valence-corrected chi connectivity index (χ1v) is 10.9. The number of carbonyl (C=O) groups is 4. The molecule has 3 aromatic rings. The first-order chi connectivity index (χ1) is 18.1. The summed E-state index contributed by atoms with van der Waals surface area (Å²) in [6.45, 7) is 0.445. The zero-order valence-corrected chi connectivity index (χ0v) is 19.9. The van der Waals surface area contributed by atoms with Crippen molar-refractivity contribution in [3.05, 3.63) is 89.7 Å². The minimum absolute atomic E-state index is 0.154. The van der Waals surface area contributed by atoms with Crippen molar-refractivity contribution in [1.82, 2.24) is 10.3 Å². The van der Waals surface area contributed by atoms with Crippen LogP contribution in [0.5, 0.6) is 0 Å². The standard InChI is InChI=1S/C21H20N4O3.C4H6O6/c22-18-5-1-2-6-19(18)25-20(26)17-9-7-15(8-10-17)13-24-21(27)28-14-16-4-3-11-23-12-16;5-1(3(7)8)2(6)4(9)10/h1-12H,13-14,22H2,(H,24,27)(H,25,26);1-2,5-6H,(H,7,8)(H,9,10). The van der Waals surface area contributed by atoms with Crippen molar-refractivity contribution < 1.29 is 44.3 Å². The quantitative estimate of drug-likeness (QED) is 0.196. The number of nitrogens with two attached hydrogens (primary N) is 1. The van der Waals surface area contributed by atoms with E-state index in [-0.39, 0.29) is 12.5 Å². The molecule has 200 valence electrons. The Kier molecular flexibility index (Phi) is 11.2. The Hall–Kier alpha value is -5.01. The predicted molar refractivity (Wildman–Crippen MR) is 134 cm³/mol. The van der Waals surface area contributed by atoms with E-state index in [9.17, 15) is 19.2 Å². The van der Waals surface area contributed by atoms with Crippen LogP contribution >= 0.6 is 0 Å². The number of benzene rings is 2. The molecule has 2 atom stereocenters. The lowest BCUT2D eigenvalue weighted by atomic mass is 10.1. The number of aliphatic hydroxyl groups is 2. The molecule has 38 heavy (non-hydrogen) atoms. The van der Waals surface area contributed by atoms with Gasteiger partial charge in [-0.25, -0.2) is 14.4 Å². The number of nitrogens with one attached hydrogen (secondary N) is 2. The Balaban J connectivity index is 0.000000432. The molecule has 0 saturated carbocycles. The van der Waals surface area contributed by atoms with Crippen LogP contribution in [0.15, 0.2) is 73.1 Å². The number of anilines is 2. The van der Waals surface area contributed by atoms with Crippen LogP contribution in [0, 0.1) is 0 Å². The fraction of sp³-hybridized carbons (Fsp3) is 0.160. The van der Waals surface area contributed by atoms with Crippen LogP contribution in [0.25, 0.3) is 0 Å². The third-order valence-electron chi connectivity index (χ3n) is 4.76. The van der Waals surface area contributed by atoms with Crippen molar-refractivity contribution in [2.75, 3.05) is 11.1 Å². The molecule has 0 radical (unpaired) electrons. The number of aliphatic carboxylic acids is 2. The summed E-state index contributed by atoms with van der Waals surface area (Å²) in [6, 6.07) is 17.6. The van der Waals surface area contributed by atoms with Gasteiger partial charge in [-0.2, -0.15) is 0 Å². The molecule has 2 unspecified atom stereocenters. The van der Waals surface area contributed by atoms with Crippen LogP contribution < -0.4 is 16.4 Å². The van der Waals surface area contributed by atoms with Gasteiger partial charge >= 0.3 is 18.0 Å². The van der Waals surface area contributed by atoms with Crippen LogP contribution in [0.3, 0.4) is 0 Å². The number of pyridine rings is 1. The molecule has 8 N–H and O–H groups in total. The van der Waals surface area contributed by atoms with Gasteiger partial charge in [0.1, 0.15) is 6.61 Å². The largest absolute Gasteiger partial charge is 0.479 e. The zero-order chi connectivity index (χ0) is 28.1. The smallest absolute Gasteiger partial charge is 0.407 e. The third-order valence-corrected chi connectivity index (χ3v) is 4.76. The van der Waals surface area contributed by atoms with E-state index in [2.05, 4.69) is 15.6 Å². The van der Waals surface area contributed by atoms with E-state index in [1.54, 1.807) is 67.0 Å². The fourth-order valence-electron chi connectivity index (χ4n) is 2.71. The first kappa shape index (κ1) is 29.2. The van der Waals surface area contributed by atoms with Gasteiger partial charge < -0.3 is 41.5 Å². The number of carboxylic acid groups (broad SMARTS) is 2. The summed E-state index contributed by atoms with van der Waals surface area (Å²) < 4.78 is 5.12. The van der Waals surface area contributed by atoms with Crippen molar-refractivity contribution in [2.24, 2.45) is 0 Å². The average molecular weight is 527 g/mol. The number of nitrogen functional groups attached to an aromatic ring is 1. The monoisotopic (exact) mass is 526 g/mol. The Morgan fingerprint density at radius 2 is 1.50 bits per heavy atom. The van der Waals surface area contributed by atoms with Crippen molar-refractivity contribution in [1.29, 1.82) is 0 Å². The van der Waals surface area contributed by atoms with Crippen LogP contribution in [0.4, 0.5) is 16.2 Å². The van der Waals surface area contributed by atoms with E-state index in [0.29, 0.717) is 23.5 Å². The Morgan fingerprint density at radius 3 is 2.05 bits per heavy atom. The molecule has 0 aliphatic heterocycles. The molecule has 1 aromatic heterocycles. The highest BCUT2D eigenvalue weighted by Gasteiger charge is 2.29. The molecular formula is C25H26N4O9. The number of nitrogens with zero attached hydrogens (tertiary/aromatic N) is 1. The molecule has 0 spiro atoms. The molecule has 2 aromatic carbocycles. The number of carbonyl (C=O) groups excluding carboxylic acids is 2. The van der Waals surface area contributed by atoms with Crippen molar-refractivity contribution in [2.45, 2.75) is 25.4 Å². The second-order valence-corrected chi connectivity index (χ2v) is 7.60. The van der Waals surface area contributed by atoms with Crippen molar-refractivity contribution >= 4 is 35.3 Å². The van der Waals surface area contributed by atoms with E-state index in [4.69, 9.17) is 30.9 Å². The van der Waals surface area contributed by atoms with E-state index < -0.39 is 30.2 Å². The molecule has 1 heterocycles. The molecule has 3 rings (SSSR count). The Morgan fingerprint density at radius 1 is 0.868 bits per heavy atom. The van der Waals surface area contributed by atoms with Gasteiger partial charge in [-0.05, 0) is 35.9 Å². The van der Waals surface area contributed by atoms with Crippen LogP contribution in [-0.4, -0.2) is 61.6 Å². The van der Waals surface area contributed by atoms with Crippen LogP contribution in [0.2, 0.25) is 0 Å². The number of aliphatic hydroxyl groups excluding tert-OH is 2. The zero-order valence-electron chi connectivity index (χ0n) is 19.9. The van der Waals surface area contributed by atoms with Crippen molar-refractivity contribution in [3.63, 3.8) is 0 Å². The molecule has 13 nitrogen and oxygen atoms in total. The summed E-state index contributed by atoms with van der Waals surface area (Å²) in [5, 5.41) is 38.0. The number of alkyl carbamates (subject to hydrolysis) is 1. The lowest BCUT2D eigenvalue weighted by molar-refractivity contribution is -0.165. The fourth-order valence-corrected chi connectivity index (χ4v) is 2.71. The maximum atomic E-state index is 12.3. The molecule has 0 saturated heterocycles. The number of hydrogen-bond acceptors (Lipinski definition) is 9. The molecule has 2 amide bonds. The number of ether oxygens (including phenoxy) is 1. The molecule has 0 aliphatic carbocycles.